The number of nitrogens with zero attached hydrogens (tertiary/aromatic N) is 6. The van der Waals surface area contributed by atoms with Crippen LogP contribution in [0.3, 0.4) is 0 Å². The number of hydrogen-bond acceptors (Lipinski definition) is 6. The molecule has 0 radical (unpaired) electrons. The number of anilines is 1. The van der Waals surface area contributed by atoms with E-state index in [4.69, 9.17) is 4.74 Å². The first kappa shape index (κ1) is 16.2. The smallest absolute Gasteiger partial charge is 0.416 e. The van der Waals surface area contributed by atoms with Crippen molar-refractivity contribution in [2.75, 3.05) is 11.5 Å². The molecule has 1 amide bonds. The van der Waals surface area contributed by atoms with E-state index >= 15 is 0 Å². The number of aromatic nitrogens is 6. The van der Waals surface area contributed by atoms with Crippen LogP contribution in [0.15, 0.2) is 49.1 Å². The Balaban J connectivity index is 1.55. The molecule has 1 aromatic carbocycles. The van der Waals surface area contributed by atoms with Gasteiger partial charge in [0.1, 0.15) is 22.8 Å². The van der Waals surface area contributed by atoms with Crippen molar-refractivity contribution >= 4 is 40.1 Å². The maximum atomic E-state index is 12.0. The van der Waals surface area contributed by atoms with Gasteiger partial charge >= 0.3 is 6.09 Å². The van der Waals surface area contributed by atoms with E-state index < -0.39 is 0 Å². The Kier molecular flexibility index (Phi) is 3.77. The molecule has 0 aliphatic carbocycles. The van der Waals surface area contributed by atoms with Gasteiger partial charge in [0, 0.05) is 17.3 Å². The van der Waals surface area contributed by atoms with Crippen molar-refractivity contribution < 1.29 is 9.53 Å². The van der Waals surface area contributed by atoms with Crippen LogP contribution in [0, 0.1) is 0 Å². The number of carbonyl (C=O) groups excluding carboxylic acids is 1. The lowest BCUT2D eigenvalue weighted by Gasteiger charge is -2.15. The second kappa shape index (κ2) is 6.30. The Bertz CT molecular complexity index is 1120. The van der Waals surface area contributed by atoms with E-state index in [9.17, 15) is 4.79 Å². The van der Waals surface area contributed by atoms with Crippen molar-refractivity contribution in [1.29, 1.82) is 0 Å². The molecule has 0 spiro atoms. The van der Waals surface area contributed by atoms with Gasteiger partial charge in [-0.25, -0.2) is 24.2 Å². The molecule has 9 nitrogen and oxygen atoms in total. The Hall–Kier alpha value is -3.02. The predicted octanol–water partition coefficient (Wildman–Crippen LogP) is 2.90. The highest BCUT2D eigenvalue weighted by molar-refractivity contribution is 14.1. The number of benzene rings is 1. The van der Waals surface area contributed by atoms with E-state index in [-0.39, 0.29) is 10.1 Å². The summed E-state index contributed by atoms with van der Waals surface area (Å²) >= 11 is 2.17. The molecule has 10 heteroatoms. The minimum Gasteiger partial charge on any atom is -0.446 e. The predicted molar refractivity (Wildman–Crippen MR) is 105 cm³/mol. The SMILES string of the molecule is O=C1OC[C@@H](I)N1c1ccn2ncc(-c3ccc(-c4nc[nH]n4)cc3)c2n1. The van der Waals surface area contributed by atoms with Crippen molar-refractivity contribution in [2.24, 2.45) is 0 Å². The Labute approximate surface area is 166 Å². The molecular weight excluding hydrogens is 461 g/mol. The lowest BCUT2D eigenvalue weighted by atomic mass is 10.1. The number of nitrogens with one attached hydrogen (secondary N) is 1. The first-order chi connectivity index (χ1) is 13.2. The molecule has 1 aliphatic rings. The second-order valence-corrected chi connectivity index (χ2v) is 7.33. The molecule has 1 aliphatic heterocycles. The zero-order chi connectivity index (χ0) is 18.4. The summed E-state index contributed by atoms with van der Waals surface area (Å²) in [5.41, 5.74) is 3.42. The minimum absolute atomic E-state index is 0.0861. The van der Waals surface area contributed by atoms with Crippen molar-refractivity contribution in [1.82, 2.24) is 29.8 Å². The van der Waals surface area contributed by atoms with Crippen molar-refractivity contribution in [2.45, 2.75) is 4.05 Å². The molecule has 4 heterocycles. The minimum atomic E-state index is -0.386. The average molecular weight is 473 g/mol. The molecule has 0 bridgehead atoms. The monoisotopic (exact) mass is 473 g/mol. The van der Waals surface area contributed by atoms with Crippen LogP contribution >= 0.6 is 22.6 Å². The molecule has 1 N–H and O–H groups in total. The largest absolute Gasteiger partial charge is 0.446 e. The molecule has 1 fully saturated rings. The van der Waals surface area contributed by atoms with Crippen LogP contribution in [0.25, 0.3) is 28.2 Å². The van der Waals surface area contributed by atoms with Gasteiger partial charge in [0.15, 0.2) is 11.5 Å². The number of aromatic amines is 1. The highest BCUT2D eigenvalue weighted by Crippen LogP contribution is 2.29. The third-order valence-corrected chi connectivity index (χ3v) is 5.21. The van der Waals surface area contributed by atoms with E-state index in [0.717, 1.165) is 16.7 Å². The number of fused-ring (bicyclic) bond motifs is 1. The molecular formula is C17H12IN7O2. The van der Waals surface area contributed by atoms with E-state index in [2.05, 4.69) is 47.9 Å². The average Bonchev–Trinajstić information content (AvgIpc) is 3.42. The molecule has 5 rings (SSSR count). The number of carbonyl (C=O) groups is 1. The van der Waals surface area contributed by atoms with Gasteiger partial charge in [-0.2, -0.15) is 10.2 Å². The summed E-state index contributed by atoms with van der Waals surface area (Å²) in [6, 6.07) is 9.61. The normalized spacial score (nSPS) is 16.9. The summed E-state index contributed by atoms with van der Waals surface area (Å²) in [4.78, 5) is 22.3. The van der Waals surface area contributed by atoms with Gasteiger partial charge < -0.3 is 4.74 Å². The maximum absolute atomic E-state index is 12.0. The topological polar surface area (TPSA) is 101 Å². The summed E-state index contributed by atoms with van der Waals surface area (Å²) in [7, 11) is 0. The Morgan fingerprint density at radius 3 is 2.70 bits per heavy atom. The number of cyclic esters (lactones) is 1. The number of alkyl halides is 1. The van der Waals surface area contributed by atoms with Crippen LogP contribution in [-0.4, -0.2) is 46.5 Å². The van der Waals surface area contributed by atoms with Gasteiger partial charge in [-0.15, -0.1) is 0 Å². The Morgan fingerprint density at radius 1 is 1.19 bits per heavy atom. The maximum Gasteiger partial charge on any atom is 0.416 e. The summed E-state index contributed by atoms with van der Waals surface area (Å²) in [6.07, 6.45) is 4.71. The van der Waals surface area contributed by atoms with Gasteiger partial charge in [-0.1, -0.05) is 46.9 Å². The number of amides is 1. The van der Waals surface area contributed by atoms with E-state index in [1.165, 1.54) is 0 Å². The number of ether oxygens (including phenoxy) is 1. The third-order valence-electron chi connectivity index (χ3n) is 4.29. The quantitative estimate of drug-likeness (QED) is 0.279. The van der Waals surface area contributed by atoms with Crippen LogP contribution in [0.4, 0.5) is 10.6 Å². The van der Waals surface area contributed by atoms with Crippen LogP contribution < -0.4 is 4.90 Å². The zero-order valence-electron chi connectivity index (χ0n) is 13.8. The molecule has 3 aromatic heterocycles. The molecule has 0 unspecified atom stereocenters. The molecule has 1 saturated heterocycles. The van der Waals surface area contributed by atoms with Gasteiger partial charge in [0.25, 0.3) is 0 Å². The van der Waals surface area contributed by atoms with Crippen LogP contribution in [0.1, 0.15) is 0 Å². The fourth-order valence-corrected chi connectivity index (χ4v) is 3.67. The number of rotatable bonds is 3. The highest BCUT2D eigenvalue weighted by Gasteiger charge is 2.33. The summed E-state index contributed by atoms with van der Waals surface area (Å²) in [5, 5.41) is 11.2. The first-order valence-corrected chi connectivity index (χ1v) is 9.36. The van der Waals surface area contributed by atoms with E-state index in [1.807, 2.05) is 24.3 Å². The lowest BCUT2D eigenvalue weighted by molar-refractivity contribution is 0.180. The summed E-state index contributed by atoms with van der Waals surface area (Å²) in [5.74, 6) is 1.19. The molecule has 4 aromatic rings. The number of H-pyrrole nitrogens is 1. The lowest BCUT2D eigenvalue weighted by Crippen LogP contribution is -2.29. The fourth-order valence-electron chi connectivity index (χ4n) is 2.98. The van der Waals surface area contributed by atoms with Crippen molar-refractivity contribution in [3.8, 4) is 22.5 Å². The van der Waals surface area contributed by atoms with E-state index in [0.29, 0.717) is 23.9 Å². The highest BCUT2D eigenvalue weighted by atomic mass is 127. The van der Waals surface area contributed by atoms with Crippen LogP contribution in [0.5, 0.6) is 0 Å². The van der Waals surface area contributed by atoms with Gasteiger partial charge in [0.2, 0.25) is 0 Å². The zero-order valence-corrected chi connectivity index (χ0v) is 15.9. The van der Waals surface area contributed by atoms with Crippen molar-refractivity contribution in [3.05, 3.63) is 49.1 Å². The molecule has 134 valence electrons. The van der Waals surface area contributed by atoms with E-state index in [1.54, 1.807) is 34.2 Å². The first-order valence-electron chi connectivity index (χ1n) is 8.12. The second-order valence-electron chi connectivity index (χ2n) is 5.89. The number of hydrogen-bond donors (Lipinski definition) is 1. The fraction of sp³-hybridized carbons (Fsp3) is 0.118. The van der Waals surface area contributed by atoms with Crippen LogP contribution in [0.2, 0.25) is 0 Å². The van der Waals surface area contributed by atoms with Gasteiger partial charge in [-0.05, 0) is 11.6 Å². The summed E-state index contributed by atoms with van der Waals surface area (Å²) in [6.45, 7) is 0.348. The molecule has 27 heavy (non-hydrogen) atoms. The van der Waals surface area contributed by atoms with Crippen LogP contribution in [-0.2, 0) is 4.74 Å². The van der Waals surface area contributed by atoms with Gasteiger partial charge in [0.05, 0.1) is 6.20 Å². The van der Waals surface area contributed by atoms with Crippen molar-refractivity contribution in [3.63, 3.8) is 0 Å². The summed E-state index contributed by atoms with van der Waals surface area (Å²) < 4.78 is 6.69. The third kappa shape index (κ3) is 2.72. The molecule has 1 atom stereocenters. The Morgan fingerprint density at radius 2 is 2.00 bits per heavy atom. The standard InChI is InChI=1S/C17H12IN7O2/c18-13-8-27-17(26)25(13)14-5-6-24-16(22-14)12(7-21-24)10-1-3-11(4-2-10)15-19-9-20-23-15/h1-7,9,13H,8H2,(H,19,20,23)/t13-/m0/s1. The van der Waals surface area contributed by atoms with Gasteiger partial charge in [-0.3, -0.25) is 5.10 Å². The molecule has 0 saturated carbocycles. The number of halogens is 1.